The van der Waals surface area contributed by atoms with Gasteiger partial charge in [-0.1, -0.05) is 18.6 Å². The summed E-state index contributed by atoms with van der Waals surface area (Å²) in [5, 5.41) is 2.73. The van der Waals surface area contributed by atoms with E-state index in [1.807, 2.05) is 19.2 Å². The molecule has 0 aromatic carbocycles. The molecular formula is C9H17NO2S. The zero-order valence-electron chi connectivity index (χ0n) is 7.99. The number of likely N-dealkylation sites (N-methyl/N-ethyl adjacent to an activating group) is 1. The van der Waals surface area contributed by atoms with Crippen molar-refractivity contribution >= 4 is 9.84 Å². The lowest BCUT2D eigenvalue weighted by atomic mass is 10.2. The highest BCUT2D eigenvalue weighted by Crippen LogP contribution is 2.20. The van der Waals surface area contributed by atoms with Gasteiger partial charge < -0.3 is 5.32 Å². The minimum atomic E-state index is -2.82. The van der Waals surface area contributed by atoms with Crippen LogP contribution in [0.25, 0.3) is 0 Å². The van der Waals surface area contributed by atoms with Crippen LogP contribution in [-0.4, -0.2) is 33.0 Å². The average Bonchev–Trinajstić information content (AvgIpc) is 2.08. The quantitative estimate of drug-likeness (QED) is 0.688. The van der Waals surface area contributed by atoms with E-state index in [0.29, 0.717) is 5.75 Å². The van der Waals surface area contributed by atoms with E-state index in [9.17, 15) is 8.42 Å². The first-order valence-corrected chi connectivity index (χ1v) is 6.41. The van der Waals surface area contributed by atoms with Crippen LogP contribution < -0.4 is 5.32 Å². The molecule has 1 heterocycles. The molecule has 0 aliphatic carbocycles. The molecule has 1 aliphatic heterocycles. The van der Waals surface area contributed by atoms with Crippen molar-refractivity contribution in [3.63, 3.8) is 0 Å². The molecule has 1 aliphatic rings. The third-order valence-corrected chi connectivity index (χ3v) is 4.47. The normalized spacial score (nSPS) is 27.9. The number of hydrogen-bond donors (Lipinski definition) is 1. The van der Waals surface area contributed by atoms with E-state index in [2.05, 4.69) is 5.32 Å². The maximum Gasteiger partial charge on any atom is 0.156 e. The molecule has 0 aromatic heterocycles. The summed E-state index contributed by atoms with van der Waals surface area (Å²) in [6.07, 6.45) is 6.38. The summed E-state index contributed by atoms with van der Waals surface area (Å²) in [7, 11) is -0.972. The molecule has 76 valence electrons. The molecule has 0 radical (unpaired) electrons. The minimum absolute atomic E-state index is 0.227. The van der Waals surface area contributed by atoms with Crippen LogP contribution in [0, 0.1) is 0 Å². The molecule has 3 nitrogen and oxygen atoms in total. The van der Waals surface area contributed by atoms with E-state index >= 15 is 0 Å². The Bertz CT molecular complexity index is 269. The summed E-state index contributed by atoms with van der Waals surface area (Å²) in [5.41, 5.74) is 0. The third kappa shape index (κ3) is 3.12. The summed E-state index contributed by atoms with van der Waals surface area (Å²) < 4.78 is 23.0. The summed E-state index contributed by atoms with van der Waals surface area (Å²) in [5.74, 6) is 0.363. The highest BCUT2D eigenvalue weighted by molar-refractivity contribution is 7.92. The fourth-order valence-corrected chi connectivity index (χ4v) is 3.32. The first-order chi connectivity index (χ1) is 6.17. The maximum absolute atomic E-state index is 11.5. The second kappa shape index (κ2) is 4.77. The van der Waals surface area contributed by atoms with Crippen LogP contribution in [0.3, 0.4) is 0 Å². The standard InChI is InChI=1S/C9H17NO2S/c1-10-7-4-6-9-5-2-3-8-13(9,11)12/h4,6,9-10H,2-3,5,7-8H2,1H3/b6-4-. The van der Waals surface area contributed by atoms with E-state index in [1.165, 1.54) is 0 Å². The highest BCUT2D eigenvalue weighted by atomic mass is 32.2. The zero-order chi connectivity index (χ0) is 9.73. The number of sulfone groups is 1. The fourth-order valence-electron chi connectivity index (χ4n) is 1.53. The Kier molecular flexibility index (Phi) is 3.93. The molecule has 1 N–H and O–H groups in total. The third-order valence-electron chi connectivity index (χ3n) is 2.30. The molecule has 0 spiro atoms. The van der Waals surface area contributed by atoms with Crippen molar-refractivity contribution < 1.29 is 8.42 Å². The molecule has 1 rings (SSSR count). The first-order valence-electron chi connectivity index (χ1n) is 4.69. The Morgan fingerprint density at radius 2 is 2.23 bits per heavy atom. The van der Waals surface area contributed by atoms with Crippen molar-refractivity contribution in [3.05, 3.63) is 12.2 Å². The molecule has 1 fully saturated rings. The maximum atomic E-state index is 11.5. The summed E-state index contributed by atoms with van der Waals surface area (Å²) in [6.45, 7) is 0.742. The van der Waals surface area contributed by atoms with Gasteiger partial charge in [-0.2, -0.15) is 0 Å². The molecule has 1 atom stereocenters. The Hall–Kier alpha value is -0.350. The van der Waals surface area contributed by atoms with Gasteiger partial charge >= 0.3 is 0 Å². The van der Waals surface area contributed by atoms with Crippen LogP contribution in [0.15, 0.2) is 12.2 Å². The smallest absolute Gasteiger partial charge is 0.156 e. The SMILES string of the molecule is CNC/C=C\C1CCCCS1(=O)=O. The number of rotatable bonds is 3. The van der Waals surface area contributed by atoms with Gasteiger partial charge in [0.25, 0.3) is 0 Å². The second-order valence-corrected chi connectivity index (χ2v) is 5.73. The lowest BCUT2D eigenvalue weighted by Crippen LogP contribution is -2.26. The van der Waals surface area contributed by atoms with Gasteiger partial charge in [-0.15, -0.1) is 0 Å². The molecule has 1 unspecified atom stereocenters. The van der Waals surface area contributed by atoms with Crippen molar-refractivity contribution in [3.8, 4) is 0 Å². The van der Waals surface area contributed by atoms with Crippen LogP contribution in [0.2, 0.25) is 0 Å². The monoisotopic (exact) mass is 203 g/mol. The van der Waals surface area contributed by atoms with Crippen molar-refractivity contribution in [1.29, 1.82) is 0 Å². The molecule has 0 bridgehead atoms. The Morgan fingerprint density at radius 1 is 1.46 bits per heavy atom. The van der Waals surface area contributed by atoms with Crippen LogP contribution in [0.4, 0.5) is 0 Å². The van der Waals surface area contributed by atoms with Crippen LogP contribution in [0.5, 0.6) is 0 Å². The number of nitrogens with one attached hydrogen (secondary N) is 1. The summed E-state index contributed by atoms with van der Waals surface area (Å²) in [4.78, 5) is 0. The zero-order valence-corrected chi connectivity index (χ0v) is 8.81. The van der Waals surface area contributed by atoms with Gasteiger partial charge in [0.1, 0.15) is 0 Å². The van der Waals surface area contributed by atoms with Crippen molar-refractivity contribution in [2.75, 3.05) is 19.3 Å². The van der Waals surface area contributed by atoms with Crippen LogP contribution >= 0.6 is 0 Å². The van der Waals surface area contributed by atoms with Crippen molar-refractivity contribution in [1.82, 2.24) is 5.32 Å². The van der Waals surface area contributed by atoms with Gasteiger partial charge in [-0.05, 0) is 19.9 Å². The molecule has 1 saturated heterocycles. The first kappa shape index (κ1) is 10.7. The van der Waals surface area contributed by atoms with E-state index < -0.39 is 9.84 Å². The Balaban J connectivity index is 2.56. The van der Waals surface area contributed by atoms with Gasteiger partial charge in [0.2, 0.25) is 0 Å². The lowest BCUT2D eigenvalue weighted by Gasteiger charge is -2.18. The lowest BCUT2D eigenvalue weighted by molar-refractivity contribution is 0.559. The van der Waals surface area contributed by atoms with Crippen molar-refractivity contribution in [2.45, 2.75) is 24.5 Å². The van der Waals surface area contributed by atoms with Gasteiger partial charge in [-0.3, -0.25) is 0 Å². The van der Waals surface area contributed by atoms with Crippen LogP contribution in [-0.2, 0) is 9.84 Å². The predicted octanol–water partition coefficient (Wildman–Crippen LogP) is 0.729. The van der Waals surface area contributed by atoms with E-state index in [4.69, 9.17) is 0 Å². The summed E-state index contributed by atoms with van der Waals surface area (Å²) in [6, 6.07) is 0. The molecular weight excluding hydrogens is 186 g/mol. The molecule has 0 amide bonds. The molecule has 13 heavy (non-hydrogen) atoms. The Labute approximate surface area is 80.1 Å². The largest absolute Gasteiger partial charge is 0.316 e. The van der Waals surface area contributed by atoms with E-state index in [0.717, 1.165) is 25.8 Å². The predicted molar refractivity (Wildman–Crippen MR) is 54.5 cm³/mol. The topological polar surface area (TPSA) is 46.2 Å². The highest BCUT2D eigenvalue weighted by Gasteiger charge is 2.25. The Morgan fingerprint density at radius 3 is 2.85 bits per heavy atom. The fraction of sp³-hybridized carbons (Fsp3) is 0.778. The summed E-state index contributed by atoms with van der Waals surface area (Å²) >= 11 is 0. The number of hydrogen-bond acceptors (Lipinski definition) is 3. The van der Waals surface area contributed by atoms with Gasteiger partial charge in [0, 0.05) is 6.54 Å². The van der Waals surface area contributed by atoms with Crippen LogP contribution in [0.1, 0.15) is 19.3 Å². The average molecular weight is 203 g/mol. The van der Waals surface area contributed by atoms with E-state index in [-0.39, 0.29) is 5.25 Å². The minimum Gasteiger partial charge on any atom is -0.316 e. The van der Waals surface area contributed by atoms with Gasteiger partial charge in [0.05, 0.1) is 11.0 Å². The van der Waals surface area contributed by atoms with Gasteiger partial charge in [-0.25, -0.2) is 8.42 Å². The van der Waals surface area contributed by atoms with E-state index in [1.54, 1.807) is 0 Å². The van der Waals surface area contributed by atoms with Gasteiger partial charge in [0.15, 0.2) is 9.84 Å². The molecule has 0 aromatic rings. The van der Waals surface area contributed by atoms with Crippen molar-refractivity contribution in [2.24, 2.45) is 0 Å². The second-order valence-electron chi connectivity index (χ2n) is 3.39. The molecule has 0 saturated carbocycles. The molecule has 4 heteroatoms.